The number of nitrogens with two attached hydrogens (primary N) is 1. The first-order chi connectivity index (χ1) is 20.4. The molecule has 3 heterocycles. The molecule has 3 aromatic rings. The zero-order valence-corrected chi connectivity index (χ0v) is 24.0. The lowest BCUT2D eigenvalue weighted by Crippen LogP contribution is -2.39. The highest BCUT2D eigenvalue weighted by molar-refractivity contribution is 7.92. The van der Waals surface area contributed by atoms with E-state index in [0.717, 1.165) is 25.7 Å². The number of pyridine rings is 1. The molecule has 0 unspecified atom stereocenters. The van der Waals surface area contributed by atoms with Crippen molar-refractivity contribution in [3.05, 3.63) is 48.1 Å². The van der Waals surface area contributed by atoms with Crippen LogP contribution in [0, 0.1) is 5.41 Å². The molecule has 12 heteroatoms. The first-order valence-electron chi connectivity index (χ1n) is 14.8. The Balaban J connectivity index is 1.60. The predicted molar refractivity (Wildman–Crippen MR) is 160 cm³/mol. The Kier molecular flexibility index (Phi) is 6.92. The van der Waals surface area contributed by atoms with Crippen molar-refractivity contribution in [2.24, 2.45) is 11.1 Å². The van der Waals surface area contributed by atoms with E-state index in [2.05, 4.69) is 9.71 Å². The van der Waals surface area contributed by atoms with Crippen LogP contribution < -0.4 is 20.3 Å². The molecular formula is C30H35F2N5O4S. The van der Waals surface area contributed by atoms with Crippen molar-refractivity contribution in [1.29, 1.82) is 0 Å². The number of carbonyl (C=O) groups is 1. The van der Waals surface area contributed by atoms with Crippen LogP contribution in [0.15, 0.2) is 42.6 Å². The number of nitrogens with zero attached hydrogens (tertiary/aromatic N) is 3. The number of alkyl halides is 2. The minimum Gasteiger partial charge on any atom is -0.395 e. The quantitative estimate of drug-likeness (QED) is 0.351. The van der Waals surface area contributed by atoms with Gasteiger partial charge in [-0.3, -0.25) is 14.5 Å². The van der Waals surface area contributed by atoms with Crippen molar-refractivity contribution in [2.75, 3.05) is 53.1 Å². The third-order valence-corrected chi connectivity index (χ3v) is 10.1. The molecule has 0 bridgehead atoms. The smallest absolute Gasteiger partial charge is 0.251 e. The maximum Gasteiger partial charge on any atom is 0.251 e. The van der Waals surface area contributed by atoms with E-state index in [4.69, 9.17) is 5.73 Å². The van der Waals surface area contributed by atoms with Crippen molar-refractivity contribution in [3.8, 4) is 11.1 Å². The molecule has 1 saturated carbocycles. The molecule has 3 aliphatic rings. The summed E-state index contributed by atoms with van der Waals surface area (Å²) in [5, 5.41) is 10.0. The van der Waals surface area contributed by atoms with Gasteiger partial charge in [0, 0.05) is 56.2 Å². The van der Waals surface area contributed by atoms with Crippen molar-refractivity contribution in [1.82, 2.24) is 4.98 Å². The lowest BCUT2D eigenvalue weighted by Gasteiger charge is -2.37. The molecule has 2 saturated heterocycles. The average molecular weight is 601 g/mol. The Bertz CT molecular complexity index is 1680. The number of piperidine rings is 2. The number of hydrogen-bond donors (Lipinski definition) is 3. The van der Waals surface area contributed by atoms with Crippen LogP contribution in [0.5, 0.6) is 0 Å². The second-order valence-electron chi connectivity index (χ2n) is 11.7. The van der Waals surface area contributed by atoms with Crippen molar-refractivity contribution in [3.63, 3.8) is 0 Å². The van der Waals surface area contributed by atoms with Gasteiger partial charge in [0.05, 0.1) is 41.9 Å². The molecule has 42 heavy (non-hydrogen) atoms. The van der Waals surface area contributed by atoms with E-state index in [0.29, 0.717) is 51.9 Å². The van der Waals surface area contributed by atoms with Gasteiger partial charge in [-0.25, -0.2) is 17.2 Å². The molecular weight excluding hydrogens is 564 g/mol. The van der Waals surface area contributed by atoms with Crippen molar-refractivity contribution < 1.29 is 28.5 Å². The second-order valence-corrected chi connectivity index (χ2v) is 13.5. The fraction of sp³-hybridized carbons (Fsp3) is 0.467. The van der Waals surface area contributed by atoms with E-state index in [1.54, 1.807) is 29.3 Å². The molecule has 1 amide bonds. The molecule has 4 N–H and O–H groups in total. The van der Waals surface area contributed by atoms with Crippen molar-refractivity contribution in [2.45, 2.75) is 44.4 Å². The number of primary amides is 1. The third-order valence-electron chi connectivity index (χ3n) is 8.86. The van der Waals surface area contributed by atoms with Gasteiger partial charge >= 0.3 is 0 Å². The minimum atomic E-state index is -4.01. The van der Waals surface area contributed by atoms with Crippen LogP contribution in [-0.4, -0.2) is 68.9 Å². The molecule has 2 aromatic carbocycles. The van der Waals surface area contributed by atoms with Gasteiger partial charge in [0.25, 0.3) is 11.8 Å². The van der Waals surface area contributed by atoms with Crippen LogP contribution in [0.2, 0.25) is 0 Å². The van der Waals surface area contributed by atoms with Crippen LogP contribution in [-0.2, 0) is 10.0 Å². The second kappa shape index (κ2) is 10.6. The maximum absolute atomic E-state index is 14.1. The van der Waals surface area contributed by atoms with E-state index < -0.39 is 34.2 Å². The number of carbonyl (C=O) groups excluding carboxylic acids is 1. The summed E-state index contributed by atoms with van der Waals surface area (Å²) < 4.78 is 66.2. The molecule has 1 aliphatic carbocycles. The number of aromatic nitrogens is 1. The summed E-state index contributed by atoms with van der Waals surface area (Å²) in [4.78, 5) is 21.1. The Labute approximate surface area is 245 Å². The Morgan fingerprint density at radius 2 is 1.76 bits per heavy atom. The van der Waals surface area contributed by atoms with Gasteiger partial charge in [-0.1, -0.05) is 6.07 Å². The average Bonchev–Trinajstić information content (AvgIpc) is 3.71. The van der Waals surface area contributed by atoms with Crippen LogP contribution in [0.4, 0.5) is 25.8 Å². The van der Waals surface area contributed by atoms with Gasteiger partial charge in [-0.2, -0.15) is 0 Å². The number of aliphatic hydroxyl groups excluding tert-OH is 1. The van der Waals surface area contributed by atoms with Gasteiger partial charge in [-0.05, 0) is 67.0 Å². The number of halogens is 2. The van der Waals surface area contributed by atoms with Crippen LogP contribution in [0.3, 0.4) is 0 Å². The fourth-order valence-electron chi connectivity index (χ4n) is 6.23. The fourth-order valence-corrected chi connectivity index (χ4v) is 7.08. The zero-order valence-electron chi connectivity index (χ0n) is 24.2. The molecule has 6 rings (SSSR count). The zero-order chi connectivity index (χ0) is 30.6. The maximum atomic E-state index is 14.1. The highest BCUT2D eigenvalue weighted by Gasteiger charge is 2.45. The van der Waals surface area contributed by atoms with Gasteiger partial charge in [0.2, 0.25) is 10.0 Å². The lowest BCUT2D eigenvalue weighted by atomic mass is 9.90. The van der Waals surface area contributed by atoms with Crippen LogP contribution in [0.1, 0.15) is 50.3 Å². The molecule has 9 nitrogen and oxygen atoms in total. The number of hydrogen-bond acceptors (Lipinski definition) is 7. The van der Waals surface area contributed by atoms with E-state index in [-0.39, 0.29) is 43.2 Å². The van der Waals surface area contributed by atoms with E-state index in [9.17, 15) is 28.5 Å². The number of fused-ring (bicyclic) bond motifs is 1. The third kappa shape index (κ3) is 5.61. The number of anilines is 3. The summed E-state index contributed by atoms with van der Waals surface area (Å²) in [6.45, 7) is 0.687. The largest absolute Gasteiger partial charge is 0.395 e. The first kappa shape index (κ1) is 27.3. The summed E-state index contributed by atoms with van der Waals surface area (Å²) in [6, 6.07) is 8.19. The van der Waals surface area contributed by atoms with Crippen LogP contribution in [0.25, 0.3) is 22.0 Å². The number of nitrogens with one attached hydrogen (secondary N) is 1. The van der Waals surface area contributed by atoms with E-state index in [1.807, 2.05) is 4.90 Å². The Morgan fingerprint density at radius 1 is 1.07 bits per heavy atom. The number of sulfonamides is 1. The highest BCUT2D eigenvalue weighted by atomic mass is 32.2. The molecule has 0 atom stereocenters. The summed E-state index contributed by atoms with van der Waals surface area (Å²) in [5.74, 6) is -4.04. The minimum absolute atomic E-state index is 0.0161. The normalized spacial score (nSPS) is 20.0. The molecule has 3 fully saturated rings. The number of amides is 1. The molecule has 0 radical (unpaired) electrons. The summed E-state index contributed by atoms with van der Waals surface area (Å²) in [5.41, 5.74) is 8.43. The van der Waals surface area contributed by atoms with Crippen molar-refractivity contribution >= 4 is 43.9 Å². The Hall–Kier alpha value is -3.51. The molecule has 1 aromatic heterocycles. The molecule has 224 valence electrons. The van der Waals surface area contributed by atoms with Gasteiger partial charge in [0.1, 0.15) is 0 Å². The highest BCUT2D eigenvalue weighted by Crippen LogP contribution is 2.55. The molecule has 1 spiro atoms. The standard InChI is InChI=1S/C30H35F2N5O4S/c31-30(32)9-14-36(15-10-30)24-19-21(18-20-2-1-11-34-26(20)24)25-23(35-42(40,41)17-16-38)4-3-22(28(33)39)27(25)37-12-7-29(5-6-29)8-13-37/h1-4,11,18-19,35,38H,5-10,12-17H2,(H2,33,39)/i19D. The summed E-state index contributed by atoms with van der Waals surface area (Å²) in [7, 11) is -4.01. The van der Waals surface area contributed by atoms with Gasteiger partial charge < -0.3 is 20.6 Å². The molecule has 2 aliphatic heterocycles. The van der Waals surface area contributed by atoms with E-state index in [1.165, 1.54) is 12.1 Å². The number of benzene rings is 2. The van der Waals surface area contributed by atoms with Gasteiger partial charge in [-0.15, -0.1) is 0 Å². The first-order valence-corrected chi connectivity index (χ1v) is 15.9. The van der Waals surface area contributed by atoms with Crippen LogP contribution >= 0.6 is 0 Å². The topological polar surface area (TPSA) is 129 Å². The predicted octanol–water partition coefficient (Wildman–Crippen LogP) is 4.35. The summed E-state index contributed by atoms with van der Waals surface area (Å²) in [6.07, 6.45) is 4.98. The SMILES string of the molecule is [2H]c1c(-c2c(NS(=O)(=O)CCO)ccc(C(N)=O)c2N2CCC3(CC2)CC3)cc2cccnc2c1N1CCC(F)(F)CC1. The Morgan fingerprint density at radius 3 is 2.40 bits per heavy atom. The number of rotatable bonds is 8. The summed E-state index contributed by atoms with van der Waals surface area (Å²) >= 11 is 0. The lowest BCUT2D eigenvalue weighted by molar-refractivity contribution is -0.0220. The van der Waals surface area contributed by atoms with E-state index >= 15 is 0 Å². The number of aliphatic hydroxyl groups is 1. The monoisotopic (exact) mass is 600 g/mol. The van der Waals surface area contributed by atoms with Gasteiger partial charge in [0.15, 0.2) is 0 Å².